The summed E-state index contributed by atoms with van der Waals surface area (Å²) in [6, 6.07) is 2.34. The van der Waals surface area contributed by atoms with Gasteiger partial charge in [-0.2, -0.15) is 10.5 Å². The van der Waals surface area contributed by atoms with E-state index in [0.29, 0.717) is 6.08 Å². The van der Waals surface area contributed by atoms with Crippen LogP contribution in [0.25, 0.3) is 0 Å². The van der Waals surface area contributed by atoms with Crippen molar-refractivity contribution in [1.82, 2.24) is 0 Å². The molecule has 0 spiro atoms. The highest BCUT2D eigenvalue weighted by Gasteiger charge is 2.46. The lowest BCUT2D eigenvalue weighted by Crippen LogP contribution is -2.32. The molecule has 1 aliphatic rings. The first-order valence-corrected chi connectivity index (χ1v) is 4.19. The van der Waals surface area contributed by atoms with Gasteiger partial charge in [-0.05, 0) is 22.0 Å². The van der Waals surface area contributed by atoms with Crippen LogP contribution in [0.15, 0.2) is 22.2 Å². The van der Waals surface area contributed by atoms with Crippen molar-refractivity contribution in [3.05, 3.63) is 22.2 Å². The van der Waals surface area contributed by atoms with Gasteiger partial charge in [0.15, 0.2) is 17.6 Å². The Morgan fingerprint density at radius 2 is 2.00 bits per heavy atom. The summed E-state index contributed by atoms with van der Waals surface area (Å²) in [6.07, 6.45) is 0.541. The lowest BCUT2D eigenvalue weighted by molar-refractivity contribution is 0.231. The minimum absolute atomic E-state index is 0.495. The lowest BCUT2D eigenvalue weighted by atomic mass is 9.86. The van der Waals surface area contributed by atoms with Gasteiger partial charge in [0.25, 0.3) is 0 Å². The third-order valence-corrected chi connectivity index (χ3v) is 2.31. The van der Waals surface area contributed by atoms with Gasteiger partial charge in [0.1, 0.15) is 6.07 Å². The summed E-state index contributed by atoms with van der Waals surface area (Å²) in [5.41, 5.74) is -2.83. The quantitative estimate of drug-likeness (QED) is 0.674. The van der Waals surface area contributed by atoms with Crippen LogP contribution in [0.4, 0.5) is 13.2 Å². The molecule has 0 saturated carbocycles. The summed E-state index contributed by atoms with van der Waals surface area (Å²) >= 11 is 2.55. The minimum Gasteiger partial charge on any atom is -0.221 e. The number of hydrogen-bond acceptors (Lipinski definition) is 2. The van der Waals surface area contributed by atoms with E-state index in [4.69, 9.17) is 10.5 Å². The van der Waals surface area contributed by atoms with E-state index in [1.165, 1.54) is 6.07 Å². The number of halogens is 4. The zero-order chi connectivity index (χ0) is 10.9. The van der Waals surface area contributed by atoms with Crippen LogP contribution < -0.4 is 0 Å². The molecule has 14 heavy (non-hydrogen) atoms. The van der Waals surface area contributed by atoms with E-state index in [0.717, 1.165) is 6.07 Å². The maximum Gasteiger partial charge on any atom is 0.237 e. The van der Waals surface area contributed by atoms with E-state index in [2.05, 4.69) is 15.9 Å². The number of rotatable bonds is 0. The molecule has 0 N–H and O–H groups in total. The second-order valence-corrected chi connectivity index (χ2v) is 3.45. The molecule has 6 heteroatoms. The first kappa shape index (κ1) is 10.8. The number of nitrogens with zero attached hydrogens (tertiary/aromatic N) is 2. The summed E-state index contributed by atoms with van der Waals surface area (Å²) < 4.78 is 38.9. The summed E-state index contributed by atoms with van der Waals surface area (Å²) in [5, 5.41) is 16.8. The summed E-state index contributed by atoms with van der Waals surface area (Å²) in [6.45, 7) is 0. The van der Waals surface area contributed by atoms with Crippen LogP contribution >= 0.6 is 15.9 Å². The molecule has 72 valence electrons. The summed E-state index contributed by atoms with van der Waals surface area (Å²) in [5.74, 6) is -4.96. The molecule has 2 atom stereocenters. The smallest absolute Gasteiger partial charge is 0.221 e. The molecule has 0 heterocycles. The Balaban J connectivity index is 3.35. The summed E-state index contributed by atoms with van der Waals surface area (Å²) in [7, 11) is 0. The highest BCUT2D eigenvalue weighted by Crippen LogP contribution is 2.41. The predicted octanol–water partition coefficient (Wildman–Crippen LogP) is 2.80. The van der Waals surface area contributed by atoms with Gasteiger partial charge in [0, 0.05) is 0 Å². The van der Waals surface area contributed by atoms with Crippen molar-refractivity contribution in [2.45, 2.75) is 5.67 Å². The van der Waals surface area contributed by atoms with Gasteiger partial charge < -0.3 is 0 Å². The normalized spacial score (nSPS) is 31.9. The first-order chi connectivity index (χ1) is 6.46. The van der Waals surface area contributed by atoms with Gasteiger partial charge in [-0.3, -0.25) is 0 Å². The van der Waals surface area contributed by atoms with Gasteiger partial charge in [0.2, 0.25) is 5.67 Å². The molecule has 0 aliphatic heterocycles. The number of alkyl halides is 1. The van der Waals surface area contributed by atoms with E-state index in [1.807, 2.05) is 0 Å². The Morgan fingerprint density at radius 3 is 2.43 bits per heavy atom. The maximum atomic E-state index is 13.5. The van der Waals surface area contributed by atoms with Crippen molar-refractivity contribution in [1.29, 1.82) is 10.5 Å². The fraction of sp³-hybridized carbons (Fsp3) is 0.250. The van der Waals surface area contributed by atoms with Crippen LogP contribution in [0.1, 0.15) is 0 Å². The Morgan fingerprint density at radius 1 is 1.43 bits per heavy atom. The molecule has 0 radical (unpaired) electrons. The van der Waals surface area contributed by atoms with Crippen molar-refractivity contribution in [3.8, 4) is 12.1 Å². The third-order valence-electron chi connectivity index (χ3n) is 1.73. The molecule has 2 nitrogen and oxygen atoms in total. The predicted molar refractivity (Wildman–Crippen MR) is 44.8 cm³/mol. The standard InChI is InChI=1S/C8H2BrF3N2/c9-5-1-8(12,3-14)4(2-13)6(10)7(5)11/h1,4H. The Kier molecular flexibility index (Phi) is 2.68. The average Bonchev–Trinajstić information content (AvgIpc) is 2.15. The van der Waals surface area contributed by atoms with Crippen LogP contribution in [0.5, 0.6) is 0 Å². The van der Waals surface area contributed by atoms with Gasteiger partial charge in [-0.1, -0.05) is 0 Å². The SMILES string of the molecule is N#CC1C(F)=C(F)C(Br)=CC1(F)C#N. The van der Waals surface area contributed by atoms with Crippen molar-refractivity contribution in [2.24, 2.45) is 5.92 Å². The fourth-order valence-electron chi connectivity index (χ4n) is 1.00. The van der Waals surface area contributed by atoms with Crippen LogP contribution in [0.3, 0.4) is 0 Å². The lowest BCUT2D eigenvalue weighted by Gasteiger charge is -2.22. The molecule has 1 aliphatic carbocycles. The topological polar surface area (TPSA) is 47.6 Å². The molecule has 0 amide bonds. The molecule has 0 bridgehead atoms. The zero-order valence-electron chi connectivity index (χ0n) is 6.56. The molecule has 0 saturated heterocycles. The monoisotopic (exact) mass is 262 g/mol. The number of allylic oxidation sites excluding steroid dienone is 4. The van der Waals surface area contributed by atoms with E-state index in [9.17, 15) is 13.2 Å². The van der Waals surface area contributed by atoms with Crippen molar-refractivity contribution in [2.75, 3.05) is 0 Å². The van der Waals surface area contributed by atoms with E-state index in [1.54, 1.807) is 0 Å². The molecule has 1 rings (SSSR count). The van der Waals surface area contributed by atoms with Gasteiger partial charge in [0.05, 0.1) is 10.6 Å². The van der Waals surface area contributed by atoms with Crippen molar-refractivity contribution in [3.63, 3.8) is 0 Å². The zero-order valence-corrected chi connectivity index (χ0v) is 8.15. The van der Waals surface area contributed by atoms with Crippen LogP contribution in [0.2, 0.25) is 0 Å². The number of nitriles is 2. The van der Waals surface area contributed by atoms with Gasteiger partial charge >= 0.3 is 0 Å². The molecule has 0 aromatic rings. The summed E-state index contributed by atoms with van der Waals surface area (Å²) in [4.78, 5) is 0. The van der Waals surface area contributed by atoms with Crippen LogP contribution in [-0.2, 0) is 0 Å². The second-order valence-electron chi connectivity index (χ2n) is 2.60. The highest BCUT2D eigenvalue weighted by atomic mass is 79.9. The molecule has 0 aromatic carbocycles. The van der Waals surface area contributed by atoms with Crippen molar-refractivity contribution < 1.29 is 13.2 Å². The van der Waals surface area contributed by atoms with Crippen LogP contribution in [-0.4, -0.2) is 5.67 Å². The van der Waals surface area contributed by atoms with E-state index >= 15 is 0 Å². The third kappa shape index (κ3) is 1.42. The van der Waals surface area contributed by atoms with Crippen LogP contribution in [0, 0.1) is 28.6 Å². The molecule has 2 unspecified atom stereocenters. The van der Waals surface area contributed by atoms with Gasteiger partial charge in [-0.25, -0.2) is 13.2 Å². The molecule has 0 fully saturated rings. The van der Waals surface area contributed by atoms with E-state index < -0.39 is 27.7 Å². The Hall–Kier alpha value is -1.27. The van der Waals surface area contributed by atoms with Gasteiger partial charge in [-0.15, -0.1) is 0 Å². The largest absolute Gasteiger partial charge is 0.237 e. The molecular formula is C8H2BrF3N2. The average molecular weight is 263 g/mol. The molecule has 0 aromatic heterocycles. The minimum atomic E-state index is -2.83. The Bertz CT molecular complexity index is 415. The Labute approximate surface area is 86.1 Å². The first-order valence-electron chi connectivity index (χ1n) is 3.40. The second kappa shape index (κ2) is 3.47. The molecular weight excluding hydrogens is 261 g/mol. The number of hydrogen-bond donors (Lipinski definition) is 0. The fourth-order valence-corrected chi connectivity index (χ4v) is 1.53. The highest BCUT2D eigenvalue weighted by molar-refractivity contribution is 9.11. The van der Waals surface area contributed by atoms with Crippen molar-refractivity contribution >= 4 is 15.9 Å². The maximum absolute atomic E-state index is 13.5. The van der Waals surface area contributed by atoms with E-state index in [-0.39, 0.29) is 0 Å².